The number of hydrogen-bond donors (Lipinski definition) is 3. The van der Waals surface area contributed by atoms with Gasteiger partial charge in [-0.3, -0.25) is 9.69 Å². The predicted octanol–water partition coefficient (Wildman–Crippen LogP) is 4.13. The van der Waals surface area contributed by atoms with Crippen LogP contribution in [0.25, 0.3) is 0 Å². The second kappa shape index (κ2) is 13.0. The average Bonchev–Trinajstić information content (AvgIpc) is 2.94. The number of piperazine rings is 1. The Balaban J connectivity index is 1.13. The maximum Gasteiger partial charge on any atom is 0.246 e. The van der Waals surface area contributed by atoms with E-state index in [1.807, 2.05) is 48.5 Å². The zero-order valence-corrected chi connectivity index (χ0v) is 23.4. The van der Waals surface area contributed by atoms with Crippen molar-refractivity contribution in [2.24, 2.45) is 0 Å². The topological polar surface area (TPSA) is 97.9 Å². The minimum atomic E-state index is -0.0534. The zero-order valence-electron chi connectivity index (χ0n) is 22.6. The Morgan fingerprint density at radius 1 is 1.10 bits per heavy atom. The molecule has 210 valence electrons. The SMILES string of the molecule is C=CC(=O)N1CC(Nc2cccc(Oc3nc(Nc4ccc(NCCN5CCN(C)CC5)cc4)ncc3Cl)c2)C1. The molecule has 0 radical (unpaired) electrons. The molecular weight excluding hydrogens is 528 g/mol. The number of benzene rings is 2. The number of nitrogens with one attached hydrogen (secondary N) is 3. The number of carbonyl (C=O) groups excluding carboxylic acids is 1. The number of halogens is 1. The van der Waals surface area contributed by atoms with Gasteiger partial charge in [-0.1, -0.05) is 24.2 Å². The van der Waals surface area contributed by atoms with Crippen LogP contribution in [0.1, 0.15) is 0 Å². The molecule has 1 aromatic heterocycles. The number of carbonyl (C=O) groups is 1. The molecule has 0 atom stereocenters. The first-order chi connectivity index (χ1) is 19.4. The third kappa shape index (κ3) is 7.41. The largest absolute Gasteiger partial charge is 0.437 e. The van der Waals surface area contributed by atoms with Gasteiger partial charge in [0.05, 0.1) is 12.2 Å². The van der Waals surface area contributed by atoms with Gasteiger partial charge in [0, 0.05) is 75.5 Å². The lowest BCUT2D eigenvalue weighted by Crippen LogP contribution is -2.56. The second-order valence-electron chi connectivity index (χ2n) is 10.0. The molecule has 10 nitrogen and oxygen atoms in total. The summed E-state index contributed by atoms with van der Waals surface area (Å²) in [5, 5.41) is 10.4. The molecule has 0 unspecified atom stereocenters. The molecule has 1 amide bonds. The molecule has 3 aromatic rings. The highest BCUT2D eigenvalue weighted by molar-refractivity contribution is 6.31. The van der Waals surface area contributed by atoms with E-state index in [2.05, 4.69) is 49.3 Å². The number of rotatable bonds is 11. The van der Waals surface area contributed by atoms with Gasteiger partial charge < -0.3 is 30.5 Å². The van der Waals surface area contributed by atoms with Crippen molar-refractivity contribution in [3.63, 3.8) is 0 Å². The van der Waals surface area contributed by atoms with Crippen LogP contribution in [0.5, 0.6) is 11.6 Å². The molecule has 0 aliphatic carbocycles. The Hall–Kier alpha value is -3.86. The van der Waals surface area contributed by atoms with E-state index in [1.54, 1.807) is 4.90 Å². The molecule has 2 aliphatic rings. The van der Waals surface area contributed by atoms with Crippen LogP contribution in [-0.4, -0.2) is 96.0 Å². The lowest BCUT2D eigenvalue weighted by atomic mass is 10.1. The van der Waals surface area contributed by atoms with Gasteiger partial charge in [-0.25, -0.2) is 4.98 Å². The van der Waals surface area contributed by atoms with Crippen molar-refractivity contribution >= 4 is 40.5 Å². The van der Waals surface area contributed by atoms with E-state index >= 15 is 0 Å². The number of aromatic nitrogens is 2. The maximum atomic E-state index is 11.7. The van der Waals surface area contributed by atoms with Crippen molar-refractivity contribution < 1.29 is 9.53 Å². The lowest BCUT2D eigenvalue weighted by molar-refractivity contribution is -0.129. The molecule has 0 spiro atoms. The molecular formula is C29H35ClN8O2. The Morgan fingerprint density at radius 3 is 2.60 bits per heavy atom. The summed E-state index contributed by atoms with van der Waals surface area (Å²) in [6.45, 7) is 11.2. The number of likely N-dealkylation sites (N-methyl/N-ethyl adjacent to an activating group) is 1. The zero-order chi connectivity index (χ0) is 27.9. The predicted molar refractivity (Wildman–Crippen MR) is 160 cm³/mol. The summed E-state index contributed by atoms with van der Waals surface area (Å²) in [6, 6.07) is 15.8. The molecule has 5 rings (SSSR count). The first kappa shape index (κ1) is 27.7. The van der Waals surface area contributed by atoms with Crippen molar-refractivity contribution in [3.8, 4) is 11.6 Å². The number of amides is 1. The fourth-order valence-electron chi connectivity index (χ4n) is 4.59. The first-order valence-corrected chi connectivity index (χ1v) is 13.8. The molecule has 2 fully saturated rings. The van der Waals surface area contributed by atoms with Crippen molar-refractivity contribution in [2.75, 3.05) is 75.4 Å². The van der Waals surface area contributed by atoms with Crippen molar-refractivity contribution in [2.45, 2.75) is 6.04 Å². The van der Waals surface area contributed by atoms with Crippen molar-refractivity contribution in [3.05, 3.63) is 72.4 Å². The molecule has 2 saturated heterocycles. The third-order valence-electron chi connectivity index (χ3n) is 6.99. The summed E-state index contributed by atoms with van der Waals surface area (Å²) in [7, 11) is 2.17. The molecule has 11 heteroatoms. The number of hydrogen-bond acceptors (Lipinski definition) is 9. The maximum absolute atomic E-state index is 11.7. The molecule has 0 bridgehead atoms. The average molecular weight is 563 g/mol. The number of anilines is 4. The smallest absolute Gasteiger partial charge is 0.246 e. The summed E-state index contributed by atoms with van der Waals surface area (Å²) in [4.78, 5) is 27.0. The van der Waals surface area contributed by atoms with Gasteiger partial charge in [0.1, 0.15) is 10.8 Å². The molecule has 40 heavy (non-hydrogen) atoms. The molecule has 3 N–H and O–H groups in total. The van der Waals surface area contributed by atoms with Crippen molar-refractivity contribution in [1.29, 1.82) is 0 Å². The Kier molecular flexibility index (Phi) is 9.00. The van der Waals surface area contributed by atoms with Crippen LogP contribution < -0.4 is 20.7 Å². The summed E-state index contributed by atoms with van der Waals surface area (Å²) >= 11 is 6.34. The molecule has 2 aliphatic heterocycles. The Morgan fingerprint density at radius 2 is 1.85 bits per heavy atom. The van der Waals surface area contributed by atoms with Gasteiger partial charge >= 0.3 is 0 Å². The van der Waals surface area contributed by atoms with Crippen LogP contribution in [0.15, 0.2) is 67.4 Å². The van der Waals surface area contributed by atoms with Crippen LogP contribution in [0.3, 0.4) is 0 Å². The quantitative estimate of drug-likeness (QED) is 0.298. The molecule has 3 heterocycles. The van der Waals surface area contributed by atoms with Crippen LogP contribution in [0, 0.1) is 0 Å². The van der Waals surface area contributed by atoms with Crippen LogP contribution >= 0.6 is 11.6 Å². The fraction of sp³-hybridized carbons (Fsp3) is 0.345. The fourth-order valence-corrected chi connectivity index (χ4v) is 4.72. The standard InChI is InChI=1S/C29H35ClN8O2/c1-3-27(39)38-19-24(20-38)33-23-5-4-6-25(17-23)40-28-26(30)18-32-29(35-28)34-22-9-7-21(8-10-22)31-11-12-37-15-13-36(2)14-16-37/h3-10,17-18,24,31,33H,1,11-16,19-20H2,2H3,(H,32,34,35). The lowest BCUT2D eigenvalue weighted by Gasteiger charge is -2.39. The Bertz CT molecular complexity index is 1310. The number of ether oxygens (including phenoxy) is 1. The van der Waals surface area contributed by atoms with Crippen LogP contribution in [0.2, 0.25) is 5.02 Å². The summed E-state index contributed by atoms with van der Waals surface area (Å²) in [5.74, 6) is 1.17. The minimum Gasteiger partial charge on any atom is -0.437 e. The highest BCUT2D eigenvalue weighted by Gasteiger charge is 2.29. The second-order valence-corrected chi connectivity index (χ2v) is 10.4. The van der Waals surface area contributed by atoms with Gasteiger partial charge in [-0.2, -0.15) is 4.98 Å². The number of nitrogens with zero attached hydrogens (tertiary/aromatic N) is 5. The van der Waals surface area contributed by atoms with E-state index in [1.165, 1.54) is 12.3 Å². The molecule has 0 saturated carbocycles. The number of likely N-dealkylation sites (tertiary alicyclic amines) is 1. The minimum absolute atomic E-state index is 0.0534. The van der Waals surface area contributed by atoms with E-state index in [9.17, 15) is 4.79 Å². The highest BCUT2D eigenvalue weighted by atomic mass is 35.5. The highest BCUT2D eigenvalue weighted by Crippen LogP contribution is 2.30. The van der Waals surface area contributed by atoms with Gasteiger partial charge in [-0.15, -0.1) is 0 Å². The van der Waals surface area contributed by atoms with Gasteiger partial charge in [0.25, 0.3) is 0 Å². The van der Waals surface area contributed by atoms with Crippen molar-refractivity contribution in [1.82, 2.24) is 24.7 Å². The van der Waals surface area contributed by atoms with Gasteiger partial charge in [0.15, 0.2) is 0 Å². The van der Waals surface area contributed by atoms with E-state index in [4.69, 9.17) is 16.3 Å². The summed E-state index contributed by atoms with van der Waals surface area (Å²) < 4.78 is 6.00. The van der Waals surface area contributed by atoms with E-state index in [-0.39, 0.29) is 17.8 Å². The van der Waals surface area contributed by atoms with Crippen LogP contribution in [-0.2, 0) is 4.79 Å². The normalized spacial score (nSPS) is 16.2. The van der Waals surface area contributed by atoms with Crippen LogP contribution in [0.4, 0.5) is 23.0 Å². The third-order valence-corrected chi connectivity index (χ3v) is 7.25. The van der Waals surface area contributed by atoms with E-state index in [0.717, 1.165) is 56.3 Å². The monoisotopic (exact) mass is 562 g/mol. The summed E-state index contributed by atoms with van der Waals surface area (Å²) in [5.41, 5.74) is 2.80. The van der Waals surface area contributed by atoms with E-state index < -0.39 is 0 Å². The van der Waals surface area contributed by atoms with E-state index in [0.29, 0.717) is 29.8 Å². The Labute approximate surface area is 240 Å². The van der Waals surface area contributed by atoms with Gasteiger partial charge in [0.2, 0.25) is 17.7 Å². The van der Waals surface area contributed by atoms with Gasteiger partial charge in [-0.05, 0) is 49.5 Å². The summed E-state index contributed by atoms with van der Waals surface area (Å²) in [6.07, 6.45) is 2.85. The molecule has 2 aromatic carbocycles. The first-order valence-electron chi connectivity index (χ1n) is 13.5.